The molecule has 0 amide bonds. The number of aromatic nitrogens is 1. The molecule has 3 heteroatoms. The molecule has 0 aliphatic rings. The quantitative estimate of drug-likeness (QED) is 0.505. The van der Waals surface area contributed by atoms with E-state index in [9.17, 15) is 4.79 Å². The van der Waals surface area contributed by atoms with E-state index in [0.29, 0.717) is 11.1 Å². The molecule has 3 rings (SSSR count). The lowest BCUT2D eigenvalue weighted by molar-refractivity contribution is 0.0603. The Hall–Kier alpha value is -2.42. The van der Waals surface area contributed by atoms with Crippen molar-refractivity contribution in [1.29, 1.82) is 0 Å². The highest BCUT2D eigenvalue weighted by Crippen LogP contribution is 2.25. The molecule has 0 aliphatic carbocycles. The number of hydrogen-bond donors (Lipinski definition) is 0. The summed E-state index contributed by atoms with van der Waals surface area (Å²) in [6.45, 7) is 6.13. The van der Waals surface area contributed by atoms with E-state index in [4.69, 9.17) is 4.74 Å². The average molecular weight is 295 g/mol. The number of hydrogen-bond acceptors (Lipinski definition) is 3. The maximum absolute atomic E-state index is 11.8. The SMILES string of the molecule is CC.CCc1cccc2nc3c(C(=O)OC)cccc3cc12. The molecule has 0 atom stereocenters. The van der Waals surface area contributed by atoms with E-state index in [0.717, 1.165) is 22.7 Å². The van der Waals surface area contributed by atoms with Crippen molar-refractivity contribution in [3.05, 3.63) is 53.6 Å². The number of nitrogens with zero attached hydrogens (tertiary/aromatic N) is 1. The second-order valence-electron chi connectivity index (χ2n) is 4.69. The molecule has 3 aromatic rings. The third-order valence-electron chi connectivity index (χ3n) is 3.56. The van der Waals surface area contributed by atoms with Gasteiger partial charge in [0.15, 0.2) is 0 Å². The van der Waals surface area contributed by atoms with Crippen molar-refractivity contribution >= 4 is 27.8 Å². The normalized spacial score (nSPS) is 10.2. The summed E-state index contributed by atoms with van der Waals surface area (Å²) in [6.07, 6.45) is 0.960. The predicted octanol–water partition coefficient (Wildman–Crippen LogP) is 4.76. The van der Waals surface area contributed by atoms with Crippen molar-refractivity contribution < 1.29 is 9.53 Å². The maximum atomic E-state index is 11.8. The van der Waals surface area contributed by atoms with Gasteiger partial charge < -0.3 is 4.74 Å². The van der Waals surface area contributed by atoms with Crippen LogP contribution in [0.15, 0.2) is 42.5 Å². The summed E-state index contributed by atoms with van der Waals surface area (Å²) in [4.78, 5) is 16.5. The molecule has 0 saturated heterocycles. The minimum absolute atomic E-state index is 0.353. The molecule has 0 unspecified atom stereocenters. The summed E-state index contributed by atoms with van der Waals surface area (Å²) in [7, 11) is 1.39. The monoisotopic (exact) mass is 295 g/mol. The molecule has 22 heavy (non-hydrogen) atoms. The van der Waals surface area contributed by atoms with E-state index in [1.54, 1.807) is 6.07 Å². The van der Waals surface area contributed by atoms with E-state index in [2.05, 4.69) is 24.0 Å². The van der Waals surface area contributed by atoms with Gasteiger partial charge in [0.2, 0.25) is 0 Å². The molecule has 1 aromatic heterocycles. The number of benzene rings is 2. The second-order valence-corrected chi connectivity index (χ2v) is 4.69. The molecule has 0 aliphatic heterocycles. The summed E-state index contributed by atoms with van der Waals surface area (Å²) in [5.41, 5.74) is 3.38. The molecule has 0 fully saturated rings. The molecular weight excluding hydrogens is 274 g/mol. The molecule has 0 bridgehead atoms. The molecular formula is C19H21NO2. The van der Waals surface area contributed by atoms with Crippen LogP contribution in [0.2, 0.25) is 0 Å². The Bertz CT molecular complexity index is 809. The van der Waals surface area contributed by atoms with Gasteiger partial charge in [0.25, 0.3) is 0 Å². The van der Waals surface area contributed by atoms with E-state index in [1.165, 1.54) is 12.7 Å². The second kappa shape index (κ2) is 7.03. The highest BCUT2D eigenvalue weighted by Gasteiger charge is 2.12. The van der Waals surface area contributed by atoms with E-state index >= 15 is 0 Å². The van der Waals surface area contributed by atoms with Crippen LogP contribution < -0.4 is 0 Å². The fraction of sp³-hybridized carbons (Fsp3) is 0.263. The first-order valence-corrected chi connectivity index (χ1v) is 7.64. The van der Waals surface area contributed by atoms with Crippen molar-refractivity contribution in [1.82, 2.24) is 4.98 Å². The Labute approximate surface area is 130 Å². The minimum Gasteiger partial charge on any atom is -0.465 e. The van der Waals surface area contributed by atoms with Crippen LogP contribution in [0.5, 0.6) is 0 Å². The van der Waals surface area contributed by atoms with Crippen LogP contribution in [0.1, 0.15) is 36.7 Å². The number of methoxy groups -OCH3 is 1. The van der Waals surface area contributed by atoms with Crippen molar-refractivity contribution in [2.45, 2.75) is 27.2 Å². The summed E-state index contributed by atoms with van der Waals surface area (Å²) in [5, 5.41) is 2.10. The molecule has 0 spiro atoms. The van der Waals surface area contributed by atoms with Gasteiger partial charge >= 0.3 is 5.97 Å². The Kier molecular flexibility index (Phi) is 5.10. The van der Waals surface area contributed by atoms with Crippen LogP contribution in [0.3, 0.4) is 0 Å². The zero-order chi connectivity index (χ0) is 16.1. The summed E-state index contributed by atoms with van der Waals surface area (Å²) in [5.74, 6) is -0.353. The first kappa shape index (κ1) is 16.0. The standard InChI is InChI=1S/C17H15NO2.C2H6/c1-3-11-6-5-9-15-14(11)10-12-7-4-8-13(16(12)18-15)17(19)20-2;1-2/h4-10H,3H2,1-2H3;1-2H3. The van der Waals surface area contributed by atoms with Crippen LogP contribution in [0, 0.1) is 0 Å². The summed E-state index contributed by atoms with van der Waals surface area (Å²) < 4.78 is 4.82. The molecule has 1 heterocycles. The lowest BCUT2D eigenvalue weighted by atomic mass is 10.0. The fourth-order valence-corrected chi connectivity index (χ4v) is 2.53. The first-order valence-electron chi connectivity index (χ1n) is 7.64. The van der Waals surface area contributed by atoms with Crippen LogP contribution in [0.4, 0.5) is 0 Å². The van der Waals surface area contributed by atoms with Crippen molar-refractivity contribution in [3.63, 3.8) is 0 Å². The van der Waals surface area contributed by atoms with Gasteiger partial charge in [0, 0.05) is 10.8 Å². The van der Waals surface area contributed by atoms with Crippen LogP contribution >= 0.6 is 0 Å². The van der Waals surface area contributed by atoms with E-state index in [1.807, 2.05) is 38.1 Å². The number of para-hydroxylation sites is 1. The zero-order valence-electron chi connectivity index (χ0n) is 13.5. The molecule has 0 saturated carbocycles. The van der Waals surface area contributed by atoms with E-state index < -0.39 is 0 Å². The number of carbonyl (C=O) groups excluding carboxylic acids is 1. The highest BCUT2D eigenvalue weighted by atomic mass is 16.5. The average Bonchev–Trinajstić information content (AvgIpc) is 2.60. The number of carbonyl (C=O) groups is 1. The predicted molar refractivity (Wildman–Crippen MR) is 91.3 cm³/mol. The Morgan fingerprint density at radius 3 is 2.55 bits per heavy atom. The largest absolute Gasteiger partial charge is 0.465 e. The van der Waals surface area contributed by atoms with Crippen LogP contribution in [0.25, 0.3) is 21.8 Å². The van der Waals surface area contributed by atoms with E-state index in [-0.39, 0.29) is 5.97 Å². The van der Waals surface area contributed by atoms with Gasteiger partial charge in [-0.2, -0.15) is 0 Å². The first-order chi connectivity index (χ1) is 10.7. The van der Waals surface area contributed by atoms with Gasteiger partial charge in [-0.3, -0.25) is 0 Å². The fourth-order valence-electron chi connectivity index (χ4n) is 2.53. The number of ether oxygens (including phenoxy) is 1. The summed E-state index contributed by atoms with van der Waals surface area (Å²) in [6, 6.07) is 13.8. The number of pyridine rings is 1. The number of esters is 1. The molecule has 0 radical (unpaired) electrons. The van der Waals surface area contributed by atoms with Crippen LogP contribution in [-0.4, -0.2) is 18.1 Å². The molecule has 0 N–H and O–H groups in total. The third-order valence-corrected chi connectivity index (χ3v) is 3.56. The lowest BCUT2D eigenvalue weighted by Crippen LogP contribution is -2.03. The zero-order valence-corrected chi connectivity index (χ0v) is 13.5. The van der Waals surface area contributed by atoms with Gasteiger partial charge in [-0.15, -0.1) is 0 Å². The maximum Gasteiger partial charge on any atom is 0.340 e. The van der Waals surface area contributed by atoms with Gasteiger partial charge in [0.05, 0.1) is 23.7 Å². The topological polar surface area (TPSA) is 39.2 Å². The Morgan fingerprint density at radius 2 is 1.86 bits per heavy atom. The van der Waals surface area contributed by atoms with Crippen molar-refractivity contribution in [3.8, 4) is 0 Å². The molecule has 2 aromatic carbocycles. The van der Waals surface area contributed by atoms with Gasteiger partial charge in [0.1, 0.15) is 0 Å². The van der Waals surface area contributed by atoms with Gasteiger partial charge in [-0.05, 0) is 30.2 Å². The smallest absolute Gasteiger partial charge is 0.340 e. The Morgan fingerprint density at radius 1 is 1.14 bits per heavy atom. The van der Waals surface area contributed by atoms with Gasteiger partial charge in [-0.25, -0.2) is 9.78 Å². The highest BCUT2D eigenvalue weighted by molar-refractivity contribution is 6.05. The lowest BCUT2D eigenvalue weighted by Gasteiger charge is -2.08. The number of rotatable bonds is 2. The van der Waals surface area contributed by atoms with Crippen LogP contribution in [-0.2, 0) is 11.2 Å². The molecule has 3 nitrogen and oxygen atoms in total. The summed E-state index contributed by atoms with van der Waals surface area (Å²) >= 11 is 0. The minimum atomic E-state index is -0.353. The third kappa shape index (κ3) is 2.80. The number of fused-ring (bicyclic) bond motifs is 2. The Balaban J connectivity index is 0.000000847. The van der Waals surface area contributed by atoms with Crippen molar-refractivity contribution in [2.75, 3.05) is 7.11 Å². The van der Waals surface area contributed by atoms with Gasteiger partial charge in [-0.1, -0.05) is 45.0 Å². The number of aryl methyl sites for hydroxylation is 1. The van der Waals surface area contributed by atoms with Crippen molar-refractivity contribution in [2.24, 2.45) is 0 Å². The molecule has 114 valence electrons.